The first-order chi connectivity index (χ1) is 7.44. The molecule has 0 saturated carbocycles. The third kappa shape index (κ3) is 3.93. The van der Waals surface area contributed by atoms with E-state index in [1.165, 1.54) is 6.42 Å². The van der Waals surface area contributed by atoms with Crippen molar-refractivity contribution in [2.24, 2.45) is 0 Å². The second kappa shape index (κ2) is 5.43. The molecule has 0 aliphatic carbocycles. The first kappa shape index (κ1) is 13.2. The Morgan fingerprint density at radius 2 is 1.81 bits per heavy atom. The van der Waals surface area contributed by atoms with Crippen LogP contribution >= 0.6 is 0 Å². The highest BCUT2D eigenvalue weighted by atomic mass is 16.6. The van der Waals surface area contributed by atoms with Gasteiger partial charge in [-0.05, 0) is 46.7 Å². The van der Waals surface area contributed by atoms with E-state index in [1.54, 1.807) is 0 Å². The van der Waals surface area contributed by atoms with Gasteiger partial charge >= 0.3 is 5.97 Å². The van der Waals surface area contributed by atoms with Crippen LogP contribution in [0.4, 0.5) is 0 Å². The van der Waals surface area contributed by atoms with Gasteiger partial charge in [-0.3, -0.25) is 4.90 Å². The van der Waals surface area contributed by atoms with E-state index in [0.717, 1.165) is 25.9 Å². The third-order valence-corrected chi connectivity index (χ3v) is 2.56. The molecule has 1 heterocycles. The molecule has 4 heteroatoms. The molecule has 0 amide bonds. The third-order valence-electron chi connectivity index (χ3n) is 2.56. The van der Waals surface area contributed by atoms with Gasteiger partial charge in [0, 0.05) is 0 Å². The molecule has 1 unspecified atom stereocenters. The predicted octanol–water partition coefficient (Wildman–Crippen LogP) is 1.38. The Labute approximate surface area is 96.9 Å². The predicted molar refractivity (Wildman–Crippen MR) is 61.1 cm³/mol. The second-order valence-corrected chi connectivity index (χ2v) is 5.21. The zero-order valence-electron chi connectivity index (χ0n) is 10.4. The van der Waals surface area contributed by atoms with Gasteiger partial charge in [-0.1, -0.05) is 6.42 Å². The van der Waals surface area contributed by atoms with Crippen molar-refractivity contribution in [3.05, 3.63) is 0 Å². The van der Waals surface area contributed by atoms with Crippen LogP contribution in [-0.2, 0) is 14.3 Å². The number of likely N-dealkylation sites (tertiary alicyclic amines) is 1. The van der Waals surface area contributed by atoms with E-state index in [-0.39, 0.29) is 0 Å². The van der Waals surface area contributed by atoms with Crippen molar-refractivity contribution in [1.82, 2.24) is 4.90 Å². The lowest BCUT2D eigenvalue weighted by atomic mass is 10.1. The van der Waals surface area contributed by atoms with Crippen molar-refractivity contribution in [2.45, 2.75) is 51.7 Å². The Morgan fingerprint density at radius 1 is 1.25 bits per heavy atom. The Kier molecular flexibility index (Phi) is 4.47. The normalized spacial score (nSPS) is 20.2. The molecule has 16 heavy (non-hydrogen) atoms. The van der Waals surface area contributed by atoms with Gasteiger partial charge < -0.3 is 9.53 Å². The molecular formula is C12H21NO3. The summed E-state index contributed by atoms with van der Waals surface area (Å²) >= 11 is 0. The molecule has 92 valence electrons. The molecule has 0 bridgehead atoms. The summed E-state index contributed by atoms with van der Waals surface area (Å²) in [5.74, 6) is -0.426. The largest absolute Gasteiger partial charge is 0.458 e. The van der Waals surface area contributed by atoms with Crippen LogP contribution in [0.1, 0.15) is 40.0 Å². The summed E-state index contributed by atoms with van der Waals surface area (Å²) in [7, 11) is 0. The molecule has 1 aliphatic rings. The SMILES string of the molecule is CC(C)(C)OC(=O)C(C=O)N1CCCCC1. The fourth-order valence-electron chi connectivity index (χ4n) is 1.85. The van der Waals surface area contributed by atoms with E-state index in [2.05, 4.69) is 0 Å². The van der Waals surface area contributed by atoms with Crippen LogP contribution in [0.15, 0.2) is 0 Å². The number of esters is 1. The van der Waals surface area contributed by atoms with E-state index in [4.69, 9.17) is 4.74 Å². The number of hydrogen-bond donors (Lipinski definition) is 0. The Balaban J connectivity index is 2.58. The Hall–Kier alpha value is -0.900. The lowest BCUT2D eigenvalue weighted by molar-refractivity contribution is -0.162. The highest BCUT2D eigenvalue weighted by Gasteiger charge is 2.30. The topological polar surface area (TPSA) is 46.6 Å². The first-order valence-corrected chi connectivity index (χ1v) is 5.86. The molecule has 0 spiro atoms. The van der Waals surface area contributed by atoms with E-state index in [1.807, 2.05) is 25.7 Å². The molecule has 0 radical (unpaired) electrons. The molecule has 1 fully saturated rings. The van der Waals surface area contributed by atoms with Gasteiger partial charge in [0.1, 0.15) is 11.9 Å². The van der Waals surface area contributed by atoms with Gasteiger partial charge in [0.25, 0.3) is 0 Å². The molecular weight excluding hydrogens is 206 g/mol. The van der Waals surface area contributed by atoms with Crippen molar-refractivity contribution in [3.8, 4) is 0 Å². The van der Waals surface area contributed by atoms with Gasteiger partial charge in [-0.2, -0.15) is 0 Å². The molecule has 4 nitrogen and oxygen atoms in total. The Bertz CT molecular complexity index is 251. The van der Waals surface area contributed by atoms with E-state index in [9.17, 15) is 9.59 Å². The molecule has 0 aromatic heterocycles. The number of aldehydes is 1. The van der Waals surface area contributed by atoms with Gasteiger partial charge in [-0.15, -0.1) is 0 Å². The minimum atomic E-state index is -0.723. The maximum Gasteiger partial charge on any atom is 0.331 e. The van der Waals surface area contributed by atoms with E-state index in [0.29, 0.717) is 6.29 Å². The number of rotatable bonds is 3. The minimum Gasteiger partial charge on any atom is -0.458 e. The summed E-state index contributed by atoms with van der Waals surface area (Å²) < 4.78 is 5.23. The maximum absolute atomic E-state index is 11.8. The standard InChI is InChI=1S/C12H21NO3/c1-12(2,3)16-11(15)10(9-14)13-7-5-4-6-8-13/h9-10H,4-8H2,1-3H3. The highest BCUT2D eigenvalue weighted by Crippen LogP contribution is 2.15. The molecule has 1 aliphatic heterocycles. The van der Waals surface area contributed by atoms with E-state index < -0.39 is 17.6 Å². The van der Waals surface area contributed by atoms with Crippen LogP contribution < -0.4 is 0 Å². The van der Waals surface area contributed by atoms with Crippen molar-refractivity contribution < 1.29 is 14.3 Å². The van der Waals surface area contributed by atoms with Crippen LogP contribution in [0.2, 0.25) is 0 Å². The van der Waals surface area contributed by atoms with Gasteiger partial charge in [0.15, 0.2) is 6.04 Å². The quantitative estimate of drug-likeness (QED) is 0.415. The number of piperidine rings is 1. The summed E-state index contributed by atoms with van der Waals surface area (Å²) in [5.41, 5.74) is -0.534. The molecule has 0 N–H and O–H groups in total. The summed E-state index contributed by atoms with van der Waals surface area (Å²) in [6, 6.07) is -0.723. The van der Waals surface area contributed by atoms with Crippen molar-refractivity contribution >= 4 is 12.3 Å². The Morgan fingerprint density at radius 3 is 2.25 bits per heavy atom. The number of carbonyl (C=O) groups excluding carboxylic acids is 2. The highest BCUT2D eigenvalue weighted by molar-refractivity contribution is 5.92. The van der Waals surface area contributed by atoms with Crippen LogP contribution in [0.25, 0.3) is 0 Å². The smallest absolute Gasteiger partial charge is 0.331 e. The van der Waals surface area contributed by atoms with Crippen LogP contribution in [-0.4, -0.2) is 41.9 Å². The summed E-state index contributed by atoms with van der Waals surface area (Å²) in [6.07, 6.45) is 3.97. The number of carbonyl (C=O) groups is 2. The minimum absolute atomic E-state index is 0.426. The molecule has 1 rings (SSSR count). The van der Waals surface area contributed by atoms with Gasteiger partial charge in [-0.25, -0.2) is 4.79 Å². The molecule has 0 aromatic rings. The fourth-order valence-corrected chi connectivity index (χ4v) is 1.85. The second-order valence-electron chi connectivity index (χ2n) is 5.21. The van der Waals surface area contributed by atoms with Crippen LogP contribution in [0, 0.1) is 0 Å². The zero-order chi connectivity index (χ0) is 12.2. The van der Waals surface area contributed by atoms with Crippen LogP contribution in [0.3, 0.4) is 0 Å². The van der Waals surface area contributed by atoms with Crippen molar-refractivity contribution in [2.75, 3.05) is 13.1 Å². The van der Waals surface area contributed by atoms with E-state index >= 15 is 0 Å². The lowest BCUT2D eigenvalue weighted by Crippen LogP contribution is -2.47. The zero-order valence-corrected chi connectivity index (χ0v) is 10.4. The average molecular weight is 227 g/mol. The van der Waals surface area contributed by atoms with Crippen LogP contribution in [0.5, 0.6) is 0 Å². The summed E-state index contributed by atoms with van der Waals surface area (Å²) in [5, 5.41) is 0. The number of ether oxygens (including phenoxy) is 1. The molecule has 1 atom stereocenters. The fraction of sp³-hybridized carbons (Fsp3) is 0.833. The van der Waals surface area contributed by atoms with Gasteiger partial charge in [0.05, 0.1) is 0 Å². The number of hydrogen-bond acceptors (Lipinski definition) is 4. The first-order valence-electron chi connectivity index (χ1n) is 5.86. The summed E-state index contributed by atoms with van der Waals surface area (Å²) in [6.45, 7) is 7.04. The van der Waals surface area contributed by atoms with Crippen molar-refractivity contribution in [1.29, 1.82) is 0 Å². The lowest BCUT2D eigenvalue weighted by Gasteiger charge is -2.31. The summed E-state index contributed by atoms with van der Waals surface area (Å²) in [4.78, 5) is 24.7. The maximum atomic E-state index is 11.8. The molecule has 0 aromatic carbocycles. The molecule has 1 saturated heterocycles. The average Bonchev–Trinajstić information content (AvgIpc) is 2.17. The number of nitrogens with zero attached hydrogens (tertiary/aromatic N) is 1. The monoisotopic (exact) mass is 227 g/mol. The van der Waals surface area contributed by atoms with Gasteiger partial charge in [0.2, 0.25) is 0 Å². The van der Waals surface area contributed by atoms with Crippen molar-refractivity contribution in [3.63, 3.8) is 0 Å².